The van der Waals surface area contributed by atoms with Crippen molar-refractivity contribution in [3.05, 3.63) is 10.6 Å². The Morgan fingerprint density at radius 2 is 2.25 bits per heavy atom. The minimum absolute atomic E-state index is 0.129. The van der Waals surface area contributed by atoms with Crippen LogP contribution in [0.25, 0.3) is 0 Å². The fraction of sp³-hybridized carbons (Fsp3) is 0.444. The number of carbonyl (C=O) groups excluding carboxylic acids is 1. The lowest BCUT2D eigenvalue weighted by molar-refractivity contribution is -0.136. The number of anilines is 1. The van der Waals surface area contributed by atoms with Gasteiger partial charge in [0.25, 0.3) is 0 Å². The third kappa shape index (κ3) is 3.46. The number of nitrogens with one attached hydrogen (secondary N) is 1. The van der Waals surface area contributed by atoms with E-state index < -0.39 is 5.97 Å². The number of alkyl halides is 1. The average molecular weight is 263 g/mol. The molecule has 0 aromatic carbocycles. The maximum atomic E-state index is 11.0. The fourth-order valence-corrected chi connectivity index (χ4v) is 2.15. The molecule has 0 unspecified atom stereocenters. The molecule has 1 amide bonds. The molecule has 0 fully saturated rings. The molecule has 1 heterocycles. The highest BCUT2D eigenvalue weighted by Crippen LogP contribution is 2.24. The first-order valence-electron chi connectivity index (χ1n) is 4.63. The Hall–Kier alpha value is -1.14. The van der Waals surface area contributed by atoms with Crippen LogP contribution in [0.15, 0.2) is 0 Å². The fourth-order valence-electron chi connectivity index (χ4n) is 1.15. The Bertz CT molecular complexity index is 405. The molecule has 0 aliphatic carbocycles. The first kappa shape index (κ1) is 12.9. The van der Waals surface area contributed by atoms with Crippen LogP contribution in [0.4, 0.5) is 5.13 Å². The largest absolute Gasteiger partial charge is 0.481 e. The molecule has 0 aliphatic rings. The molecule has 1 aromatic heterocycles. The van der Waals surface area contributed by atoms with Crippen molar-refractivity contribution >= 4 is 39.9 Å². The number of thiazole rings is 1. The number of aryl methyl sites for hydroxylation is 1. The number of amides is 1. The molecule has 0 bridgehead atoms. The smallest absolute Gasteiger partial charge is 0.309 e. The van der Waals surface area contributed by atoms with E-state index >= 15 is 0 Å². The summed E-state index contributed by atoms with van der Waals surface area (Å²) < 4.78 is 0. The molecule has 0 atom stereocenters. The predicted octanol–water partition coefficient (Wildman–Crippen LogP) is 1.51. The van der Waals surface area contributed by atoms with Gasteiger partial charge in [0.05, 0.1) is 12.1 Å². The molecule has 0 saturated heterocycles. The zero-order chi connectivity index (χ0) is 12.1. The molecule has 0 spiro atoms. The number of carboxylic acid groups (broad SMARTS) is 1. The van der Waals surface area contributed by atoms with Gasteiger partial charge in [0.2, 0.25) is 5.91 Å². The number of nitrogens with zero attached hydrogens (tertiary/aromatic N) is 1. The SMILES string of the molecule is CCc1sc(NC(=O)CCl)nc1CC(=O)O. The van der Waals surface area contributed by atoms with E-state index in [0.717, 1.165) is 4.88 Å². The minimum Gasteiger partial charge on any atom is -0.481 e. The second kappa shape index (κ2) is 5.81. The highest BCUT2D eigenvalue weighted by atomic mass is 35.5. The van der Waals surface area contributed by atoms with Crippen molar-refractivity contribution in [3.8, 4) is 0 Å². The summed E-state index contributed by atoms with van der Waals surface area (Å²) in [5.74, 6) is -1.43. The van der Waals surface area contributed by atoms with E-state index in [0.29, 0.717) is 17.2 Å². The van der Waals surface area contributed by atoms with Gasteiger partial charge < -0.3 is 10.4 Å². The molecule has 0 aliphatic heterocycles. The molecule has 2 N–H and O–H groups in total. The van der Waals surface area contributed by atoms with Crippen molar-refractivity contribution < 1.29 is 14.7 Å². The van der Waals surface area contributed by atoms with Crippen LogP contribution in [-0.4, -0.2) is 27.8 Å². The number of halogens is 1. The Kier molecular flexibility index (Phi) is 4.70. The Balaban J connectivity index is 2.84. The zero-order valence-electron chi connectivity index (χ0n) is 8.62. The van der Waals surface area contributed by atoms with Crippen molar-refractivity contribution in [2.45, 2.75) is 19.8 Å². The van der Waals surface area contributed by atoms with Crippen LogP contribution in [0.2, 0.25) is 0 Å². The number of carbonyl (C=O) groups is 2. The van der Waals surface area contributed by atoms with Gasteiger partial charge >= 0.3 is 5.97 Å². The standard InChI is InChI=1S/C9H11ClN2O3S/c1-2-6-5(3-8(14)15)11-9(16-6)12-7(13)4-10/h2-4H2,1H3,(H,14,15)(H,11,12,13). The molecule has 0 radical (unpaired) electrons. The molecular formula is C9H11ClN2O3S. The van der Waals surface area contributed by atoms with Gasteiger partial charge in [-0.1, -0.05) is 6.92 Å². The molecule has 1 aromatic rings. The number of aromatic nitrogens is 1. The lowest BCUT2D eigenvalue weighted by Gasteiger charge is -1.95. The van der Waals surface area contributed by atoms with Crippen LogP contribution in [0.1, 0.15) is 17.5 Å². The second-order valence-corrected chi connectivity index (χ2v) is 4.35. The van der Waals surface area contributed by atoms with Crippen molar-refractivity contribution in [2.75, 3.05) is 11.2 Å². The van der Waals surface area contributed by atoms with Gasteiger partial charge in [-0.2, -0.15) is 0 Å². The van der Waals surface area contributed by atoms with Crippen molar-refractivity contribution in [1.29, 1.82) is 0 Å². The van der Waals surface area contributed by atoms with Crippen LogP contribution in [-0.2, 0) is 22.4 Å². The summed E-state index contributed by atoms with van der Waals surface area (Å²) in [6, 6.07) is 0. The second-order valence-electron chi connectivity index (χ2n) is 2.99. The lowest BCUT2D eigenvalue weighted by atomic mass is 10.2. The molecular weight excluding hydrogens is 252 g/mol. The summed E-state index contributed by atoms with van der Waals surface area (Å²) in [5.41, 5.74) is 0.505. The average Bonchev–Trinajstić information content (AvgIpc) is 2.59. The van der Waals surface area contributed by atoms with Crippen molar-refractivity contribution in [3.63, 3.8) is 0 Å². The molecule has 1 rings (SSSR count). The normalized spacial score (nSPS) is 10.1. The molecule has 88 valence electrons. The summed E-state index contributed by atoms with van der Waals surface area (Å²) in [6.45, 7) is 1.91. The first-order chi connectivity index (χ1) is 7.56. The number of aliphatic carboxylic acids is 1. The summed E-state index contributed by atoms with van der Waals surface area (Å²) in [4.78, 5) is 26.5. The van der Waals surface area contributed by atoms with Crippen LogP contribution < -0.4 is 5.32 Å². The molecule has 5 nitrogen and oxygen atoms in total. The summed E-state index contributed by atoms with van der Waals surface area (Å²) in [5, 5.41) is 11.6. The van der Waals surface area contributed by atoms with Crippen LogP contribution in [0, 0.1) is 0 Å². The number of hydrogen-bond donors (Lipinski definition) is 2. The quantitative estimate of drug-likeness (QED) is 0.789. The zero-order valence-corrected chi connectivity index (χ0v) is 10.2. The number of rotatable bonds is 5. The van der Waals surface area contributed by atoms with E-state index in [9.17, 15) is 9.59 Å². The van der Waals surface area contributed by atoms with Gasteiger partial charge in [0.15, 0.2) is 5.13 Å². The van der Waals surface area contributed by atoms with E-state index in [2.05, 4.69) is 10.3 Å². The number of carboxylic acids is 1. The third-order valence-electron chi connectivity index (χ3n) is 1.79. The van der Waals surface area contributed by atoms with E-state index in [1.807, 2.05) is 6.92 Å². The van der Waals surface area contributed by atoms with Crippen molar-refractivity contribution in [2.24, 2.45) is 0 Å². The Morgan fingerprint density at radius 1 is 1.56 bits per heavy atom. The number of hydrogen-bond acceptors (Lipinski definition) is 4. The topological polar surface area (TPSA) is 79.3 Å². The first-order valence-corrected chi connectivity index (χ1v) is 5.98. The molecule has 16 heavy (non-hydrogen) atoms. The van der Waals surface area contributed by atoms with Gasteiger partial charge in [-0.3, -0.25) is 9.59 Å². The Labute approximate surface area is 101 Å². The van der Waals surface area contributed by atoms with E-state index in [4.69, 9.17) is 16.7 Å². The van der Waals surface area contributed by atoms with E-state index in [1.54, 1.807) is 0 Å². The van der Waals surface area contributed by atoms with Gasteiger partial charge in [0, 0.05) is 4.88 Å². The molecule has 7 heteroatoms. The summed E-state index contributed by atoms with van der Waals surface area (Å²) in [6.07, 6.45) is 0.563. The highest BCUT2D eigenvalue weighted by molar-refractivity contribution is 7.15. The van der Waals surface area contributed by atoms with Gasteiger partial charge in [-0.15, -0.1) is 22.9 Å². The third-order valence-corrected chi connectivity index (χ3v) is 3.19. The van der Waals surface area contributed by atoms with Crippen LogP contribution in [0.5, 0.6) is 0 Å². The summed E-state index contributed by atoms with van der Waals surface area (Å²) >= 11 is 6.62. The molecule has 0 saturated carbocycles. The van der Waals surface area contributed by atoms with Gasteiger partial charge in [0.1, 0.15) is 5.88 Å². The minimum atomic E-state index is -0.935. The monoisotopic (exact) mass is 262 g/mol. The van der Waals surface area contributed by atoms with E-state index in [1.165, 1.54) is 11.3 Å². The highest BCUT2D eigenvalue weighted by Gasteiger charge is 2.13. The van der Waals surface area contributed by atoms with Crippen LogP contribution in [0.3, 0.4) is 0 Å². The maximum Gasteiger partial charge on any atom is 0.309 e. The van der Waals surface area contributed by atoms with Gasteiger partial charge in [-0.25, -0.2) is 4.98 Å². The Morgan fingerprint density at radius 3 is 2.75 bits per heavy atom. The van der Waals surface area contributed by atoms with Crippen LogP contribution >= 0.6 is 22.9 Å². The maximum absolute atomic E-state index is 11.0. The lowest BCUT2D eigenvalue weighted by Crippen LogP contribution is -2.12. The predicted molar refractivity (Wildman–Crippen MR) is 62.2 cm³/mol. The van der Waals surface area contributed by atoms with E-state index in [-0.39, 0.29) is 18.2 Å². The van der Waals surface area contributed by atoms with Gasteiger partial charge in [-0.05, 0) is 6.42 Å². The van der Waals surface area contributed by atoms with Crippen molar-refractivity contribution in [1.82, 2.24) is 4.98 Å². The summed E-state index contributed by atoms with van der Waals surface area (Å²) in [7, 11) is 0.